The molecule has 0 amide bonds. The lowest BCUT2D eigenvalue weighted by Gasteiger charge is -2.17. The monoisotopic (exact) mass is 331 g/mol. The van der Waals surface area contributed by atoms with Crippen LogP contribution in [0.5, 0.6) is 5.75 Å². The third-order valence-corrected chi connectivity index (χ3v) is 2.86. The van der Waals surface area contributed by atoms with Crippen LogP contribution in [0.1, 0.15) is 11.1 Å². The van der Waals surface area contributed by atoms with Crippen LogP contribution in [0.3, 0.4) is 0 Å². The van der Waals surface area contributed by atoms with E-state index in [1.54, 1.807) is 6.07 Å². The third-order valence-electron chi connectivity index (χ3n) is 2.86. The van der Waals surface area contributed by atoms with E-state index in [-0.39, 0.29) is 5.56 Å². The van der Waals surface area contributed by atoms with Crippen molar-refractivity contribution in [3.8, 4) is 22.9 Å². The molecule has 0 aliphatic carbocycles. The van der Waals surface area contributed by atoms with Gasteiger partial charge in [-0.15, -0.1) is 13.2 Å². The molecule has 0 unspecified atom stereocenters. The summed E-state index contributed by atoms with van der Waals surface area (Å²) in [5.41, 5.74) is -2.15. The fraction of sp³-hybridized carbons (Fsp3) is 0.133. The van der Waals surface area contributed by atoms with E-state index in [1.807, 2.05) is 0 Å². The van der Waals surface area contributed by atoms with Crippen molar-refractivity contribution in [1.29, 1.82) is 5.26 Å². The average Bonchev–Trinajstić information content (AvgIpc) is 2.44. The van der Waals surface area contributed by atoms with Gasteiger partial charge in [-0.3, -0.25) is 0 Å². The molecule has 0 atom stereocenters. The van der Waals surface area contributed by atoms with Crippen LogP contribution in [0, 0.1) is 11.3 Å². The van der Waals surface area contributed by atoms with Crippen LogP contribution in [0.4, 0.5) is 26.3 Å². The van der Waals surface area contributed by atoms with Crippen LogP contribution in [0.25, 0.3) is 11.1 Å². The van der Waals surface area contributed by atoms with Gasteiger partial charge in [0, 0.05) is 5.56 Å². The molecule has 0 bridgehead atoms. The van der Waals surface area contributed by atoms with Crippen LogP contribution in [-0.4, -0.2) is 6.36 Å². The lowest BCUT2D eigenvalue weighted by Crippen LogP contribution is -2.18. The molecule has 0 heterocycles. The van der Waals surface area contributed by atoms with Crippen molar-refractivity contribution in [1.82, 2.24) is 0 Å². The zero-order valence-corrected chi connectivity index (χ0v) is 11.2. The zero-order valence-electron chi connectivity index (χ0n) is 11.2. The summed E-state index contributed by atoms with van der Waals surface area (Å²) in [5.74, 6) is -0.867. The van der Waals surface area contributed by atoms with E-state index in [0.717, 1.165) is 36.4 Å². The summed E-state index contributed by atoms with van der Waals surface area (Å²) >= 11 is 0. The summed E-state index contributed by atoms with van der Waals surface area (Å²) in [6.45, 7) is 0. The minimum absolute atomic E-state index is 0.169. The first-order valence-corrected chi connectivity index (χ1v) is 6.08. The first-order chi connectivity index (χ1) is 10.6. The summed E-state index contributed by atoms with van der Waals surface area (Å²) in [7, 11) is 0. The molecule has 0 aliphatic rings. The van der Waals surface area contributed by atoms with Gasteiger partial charge in [-0.05, 0) is 29.8 Å². The highest BCUT2D eigenvalue weighted by atomic mass is 19.4. The summed E-state index contributed by atoms with van der Waals surface area (Å²) in [6, 6.07) is 8.64. The Morgan fingerprint density at radius 2 is 1.52 bits per heavy atom. The SMILES string of the molecule is N#Cc1ccc(-c2ccccc2C(F)(F)F)c(OC(F)(F)F)c1. The second kappa shape index (κ2) is 5.83. The van der Waals surface area contributed by atoms with E-state index in [9.17, 15) is 26.3 Å². The molecule has 0 saturated carbocycles. The van der Waals surface area contributed by atoms with Gasteiger partial charge >= 0.3 is 12.5 Å². The molecule has 2 aromatic rings. The van der Waals surface area contributed by atoms with E-state index in [0.29, 0.717) is 0 Å². The molecule has 0 N–H and O–H groups in total. The Hall–Kier alpha value is -2.69. The second-order valence-corrected chi connectivity index (χ2v) is 4.41. The molecule has 23 heavy (non-hydrogen) atoms. The molecule has 8 heteroatoms. The third kappa shape index (κ3) is 3.94. The van der Waals surface area contributed by atoms with E-state index in [2.05, 4.69) is 4.74 Å². The van der Waals surface area contributed by atoms with Crippen LogP contribution in [-0.2, 0) is 6.18 Å². The Balaban J connectivity index is 2.67. The average molecular weight is 331 g/mol. The molecule has 120 valence electrons. The summed E-state index contributed by atoms with van der Waals surface area (Å²) in [4.78, 5) is 0. The highest BCUT2D eigenvalue weighted by Crippen LogP contribution is 2.41. The van der Waals surface area contributed by atoms with Gasteiger partial charge in [0.15, 0.2) is 0 Å². The molecule has 0 fully saturated rings. The van der Waals surface area contributed by atoms with E-state index < -0.39 is 35.0 Å². The summed E-state index contributed by atoms with van der Waals surface area (Å²) in [5, 5.41) is 8.74. The van der Waals surface area contributed by atoms with E-state index >= 15 is 0 Å². The predicted octanol–water partition coefficient (Wildman–Crippen LogP) is 5.14. The van der Waals surface area contributed by atoms with E-state index in [4.69, 9.17) is 5.26 Å². The van der Waals surface area contributed by atoms with Gasteiger partial charge in [0.2, 0.25) is 0 Å². The first-order valence-electron chi connectivity index (χ1n) is 6.08. The van der Waals surface area contributed by atoms with Crippen LogP contribution in [0.2, 0.25) is 0 Å². The molecule has 2 nitrogen and oxygen atoms in total. The number of hydrogen-bond donors (Lipinski definition) is 0. The first kappa shape index (κ1) is 16.7. The summed E-state index contributed by atoms with van der Waals surface area (Å²) < 4.78 is 80.3. The van der Waals surface area contributed by atoms with Crippen LogP contribution in [0.15, 0.2) is 42.5 Å². The lowest BCUT2D eigenvalue weighted by molar-refractivity contribution is -0.274. The number of ether oxygens (including phenoxy) is 1. The molecule has 0 radical (unpaired) electrons. The van der Waals surface area contributed by atoms with Crippen LogP contribution < -0.4 is 4.74 Å². The number of nitrogens with zero attached hydrogens (tertiary/aromatic N) is 1. The van der Waals surface area contributed by atoms with E-state index in [1.165, 1.54) is 6.07 Å². The minimum Gasteiger partial charge on any atom is -0.405 e. The zero-order chi connectivity index (χ0) is 17.3. The fourth-order valence-corrected chi connectivity index (χ4v) is 1.99. The Morgan fingerprint density at radius 3 is 2.09 bits per heavy atom. The highest BCUT2D eigenvalue weighted by Gasteiger charge is 2.36. The smallest absolute Gasteiger partial charge is 0.405 e. The molecular weight excluding hydrogens is 324 g/mol. The van der Waals surface area contributed by atoms with Gasteiger partial charge in [0.1, 0.15) is 5.75 Å². The lowest BCUT2D eigenvalue weighted by atomic mass is 9.97. The maximum absolute atomic E-state index is 13.0. The van der Waals surface area contributed by atoms with Crippen molar-refractivity contribution in [2.24, 2.45) is 0 Å². The standard InChI is InChI=1S/C15H7F6NO/c16-14(17,18)12-4-2-1-3-10(12)11-6-5-9(8-22)7-13(11)23-15(19,20)21/h1-7H. The summed E-state index contributed by atoms with van der Waals surface area (Å²) in [6.07, 6.45) is -9.85. The van der Waals surface area contributed by atoms with Gasteiger partial charge in [-0.2, -0.15) is 18.4 Å². The number of nitriles is 1. The predicted molar refractivity (Wildman–Crippen MR) is 68.3 cm³/mol. The van der Waals surface area contributed by atoms with Gasteiger partial charge < -0.3 is 4.74 Å². The van der Waals surface area contributed by atoms with Gasteiger partial charge in [-0.1, -0.05) is 18.2 Å². The maximum atomic E-state index is 13.0. The molecule has 2 rings (SSSR count). The number of benzene rings is 2. The van der Waals surface area contributed by atoms with Gasteiger partial charge in [0.25, 0.3) is 0 Å². The molecule has 0 aliphatic heterocycles. The minimum atomic E-state index is -5.10. The number of hydrogen-bond acceptors (Lipinski definition) is 2. The van der Waals surface area contributed by atoms with Gasteiger partial charge in [-0.25, -0.2) is 0 Å². The Labute approximate surface area is 126 Å². The van der Waals surface area contributed by atoms with Gasteiger partial charge in [0.05, 0.1) is 17.2 Å². The largest absolute Gasteiger partial charge is 0.573 e. The fourth-order valence-electron chi connectivity index (χ4n) is 1.99. The molecule has 0 spiro atoms. The molecule has 0 aromatic heterocycles. The molecule has 0 saturated heterocycles. The second-order valence-electron chi connectivity index (χ2n) is 4.41. The van der Waals surface area contributed by atoms with Crippen molar-refractivity contribution < 1.29 is 31.1 Å². The molecular formula is C15H7F6NO. The Bertz CT molecular complexity index is 758. The maximum Gasteiger partial charge on any atom is 0.573 e. The number of halogens is 6. The topological polar surface area (TPSA) is 33.0 Å². The van der Waals surface area contributed by atoms with Crippen molar-refractivity contribution >= 4 is 0 Å². The van der Waals surface area contributed by atoms with Crippen LogP contribution >= 0.6 is 0 Å². The van der Waals surface area contributed by atoms with Crippen molar-refractivity contribution in [2.75, 3.05) is 0 Å². The number of rotatable bonds is 2. The molecule has 2 aromatic carbocycles. The highest BCUT2D eigenvalue weighted by molar-refractivity contribution is 5.75. The van der Waals surface area contributed by atoms with Crippen molar-refractivity contribution in [3.63, 3.8) is 0 Å². The van der Waals surface area contributed by atoms with Crippen molar-refractivity contribution in [3.05, 3.63) is 53.6 Å². The Morgan fingerprint density at radius 1 is 0.870 bits per heavy atom. The van der Waals surface area contributed by atoms with Crippen molar-refractivity contribution in [2.45, 2.75) is 12.5 Å². The Kier molecular flexibility index (Phi) is 4.23. The number of alkyl halides is 6. The quantitative estimate of drug-likeness (QED) is 0.714. The normalized spacial score (nSPS) is 11.9.